The molecule has 24 heavy (non-hydrogen) atoms. The number of nitrogens with zero attached hydrogens (tertiary/aromatic N) is 7. The number of carbonyl (C=O) groups excluding carboxylic acids is 1. The van der Waals surface area contributed by atoms with Gasteiger partial charge in [-0.25, -0.2) is 9.67 Å². The monoisotopic (exact) mass is 323 g/mol. The summed E-state index contributed by atoms with van der Waals surface area (Å²) >= 11 is 0. The quantitative estimate of drug-likeness (QED) is 0.717. The zero-order valence-electron chi connectivity index (χ0n) is 13.1. The molecule has 0 spiro atoms. The number of carbonyl (C=O) groups is 1. The Bertz CT molecular complexity index is 826. The fraction of sp³-hybridized carbons (Fsp3) is 0.312. The lowest BCUT2D eigenvalue weighted by Crippen LogP contribution is -2.31. The third-order valence-electron chi connectivity index (χ3n) is 4.14. The second kappa shape index (κ2) is 6.23. The third-order valence-corrected chi connectivity index (χ3v) is 4.14. The fourth-order valence-electron chi connectivity index (χ4n) is 2.91. The molecule has 8 nitrogen and oxygen atoms in total. The van der Waals surface area contributed by atoms with Crippen molar-refractivity contribution in [2.24, 2.45) is 0 Å². The molecule has 0 bridgehead atoms. The van der Waals surface area contributed by atoms with E-state index < -0.39 is 0 Å². The Hall–Kier alpha value is -3.03. The van der Waals surface area contributed by atoms with Gasteiger partial charge >= 0.3 is 0 Å². The standard InChI is InChI=1S/C16H17N7O/c24-16(13-3-1-4-17-9-13)22-6-2-7-23-15(11-22)14(19-20-23)10-21-8-5-18-12-21/h1,3-5,8-9,12H,2,6-7,10-11H2. The largest absolute Gasteiger partial charge is 0.333 e. The minimum Gasteiger partial charge on any atom is -0.333 e. The van der Waals surface area contributed by atoms with Gasteiger partial charge in [-0.2, -0.15) is 0 Å². The number of imidazole rings is 1. The van der Waals surface area contributed by atoms with Gasteiger partial charge in [-0.1, -0.05) is 5.21 Å². The summed E-state index contributed by atoms with van der Waals surface area (Å²) in [5, 5.41) is 8.54. The van der Waals surface area contributed by atoms with Crippen LogP contribution in [-0.4, -0.2) is 46.9 Å². The van der Waals surface area contributed by atoms with Crippen LogP contribution in [0.3, 0.4) is 0 Å². The minimum atomic E-state index is -0.00803. The number of hydrogen-bond acceptors (Lipinski definition) is 5. The van der Waals surface area contributed by atoms with Gasteiger partial charge in [-0.05, 0) is 18.6 Å². The van der Waals surface area contributed by atoms with E-state index in [1.165, 1.54) is 0 Å². The number of rotatable bonds is 3. The summed E-state index contributed by atoms with van der Waals surface area (Å²) in [4.78, 5) is 22.7. The molecule has 1 aliphatic rings. The van der Waals surface area contributed by atoms with E-state index in [1.807, 2.05) is 20.3 Å². The summed E-state index contributed by atoms with van der Waals surface area (Å²) in [7, 11) is 0. The number of aromatic nitrogens is 6. The van der Waals surface area contributed by atoms with Crippen molar-refractivity contribution in [2.45, 2.75) is 26.1 Å². The number of amides is 1. The van der Waals surface area contributed by atoms with Crippen molar-refractivity contribution in [1.29, 1.82) is 0 Å². The van der Waals surface area contributed by atoms with E-state index in [9.17, 15) is 4.79 Å². The fourth-order valence-corrected chi connectivity index (χ4v) is 2.91. The van der Waals surface area contributed by atoms with Crippen LogP contribution in [0.5, 0.6) is 0 Å². The highest BCUT2D eigenvalue weighted by Crippen LogP contribution is 2.17. The van der Waals surface area contributed by atoms with Crippen molar-refractivity contribution in [2.75, 3.05) is 6.54 Å². The second-order valence-electron chi connectivity index (χ2n) is 5.76. The van der Waals surface area contributed by atoms with Gasteiger partial charge in [-0.15, -0.1) is 5.10 Å². The molecule has 122 valence electrons. The van der Waals surface area contributed by atoms with Gasteiger partial charge in [0.2, 0.25) is 0 Å². The summed E-state index contributed by atoms with van der Waals surface area (Å²) in [6.45, 7) is 2.57. The first-order valence-electron chi connectivity index (χ1n) is 7.87. The highest BCUT2D eigenvalue weighted by Gasteiger charge is 2.24. The van der Waals surface area contributed by atoms with Crippen LogP contribution >= 0.6 is 0 Å². The van der Waals surface area contributed by atoms with Crippen LogP contribution in [0, 0.1) is 0 Å². The maximum absolute atomic E-state index is 12.7. The Morgan fingerprint density at radius 3 is 2.96 bits per heavy atom. The molecule has 0 aromatic carbocycles. The number of hydrogen-bond donors (Lipinski definition) is 0. The molecule has 4 rings (SSSR count). The summed E-state index contributed by atoms with van der Waals surface area (Å²) in [5.41, 5.74) is 2.46. The predicted molar refractivity (Wildman–Crippen MR) is 84.9 cm³/mol. The molecule has 0 fully saturated rings. The Labute approximate surface area is 138 Å². The van der Waals surface area contributed by atoms with Crippen LogP contribution in [0.4, 0.5) is 0 Å². The molecule has 0 saturated carbocycles. The van der Waals surface area contributed by atoms with Crippen LogP contribution in [-0.2, 0) is 19.6 Å². The molecule has 0 N–H and O–H groups in total. The summed E-state index contributed by atoms with van der Waals surface area (Å²) in [6.07, 6.45) is 9.51. The van der Waals surface area contributed by atoms with Crippen LogP contribution in [0.1, 0.15) is 28.2 Å². The number of aryl methyl sites for hydroxylation is 1. The smallest absolute Gasteiger partial charge is 0.255 e. The molecule has 0 unspecified atom stereocenters. The lowest BCUT2D eigenvalue weighted by atomic mass is 10.2. The lowest BCUT2D eigenvalue weighted by Gasteiger charge is -2.20. The molecule has 1 aliphatic heterocycles. The zero-order chi connectivity index (χ0) is 16.4. The highest BCUT2D eigenvalue weighted by molar-refractivity contribution is 5.93. The molecule has 4 heterocycles. The van der Waals surface area contributed by atoms with Gasteiger partial charge in [0.1, 0.15) is 5.69 Å². The van der Waals surface area contributed by atoms with Crippen molar-refractivity contribution in [3.8, 4) is 0 Å². The molecule has 0 atom stereocenters. The van der Waals surface area contributed by atoms with Gasteiger partial charge < -0.3 is 9.47 Å². The van der Waals surface area contributed by atoms with Gasteiger partial charge in [0.15, 0.2) is 0 Å². The molecular weight excluding hydrogens is 306 g/mol. The second-order valence-corrected chi connectivity index (χ2v) is 5.76. The normalized spacial score (nSPS) is 14.2. The molecule has 3 aromatic heterocycles. The van der Waals surface area contributed by atoms with Crippen molar-refractivity contribution in [1.82, 2.24) is 34.4 Å². The van der Waals surface area contributed by atoms with Crippen LogP contribution < -0.4 is 0 Å². The first kappa shape index (κ1) is 14.6. The van der Waals surface area contributed by atoms with E-state index in [4.69, 9.17) is 0 Å². The van der Waals surface area contributed by atoms with Gasteiger partial charge in [0, 0.05) is 37.9 Å². The molecule has 0 aliphatic carbocycles. The molecule has 1 amide bonds. The Morgan fingerprint density at radius 1 is 1.21 bits per heavy atom. The zero-order valence-corrected chi connectivity index (χ0v) is 13.1. The minimum absolute atomic E-state index is 0.00803. The number of pyridine rings is 1. The summed E-state index contributed by atoms with van der Waals surface area (Å²) in [5.74, 6) is -0.00803. The molecule has 0 radical (unpaired) electrons. The van der Waals surface area contributed by atoms with E-state index in [0.717, 1.165) is 24.4 Å². The SMILES string of the molecule is O=C(c1cccnc1)N1CCCn2nnc(Cn3ccnc3)c2C1. The van der Waals surface area contributed by atoms with Crippen molar-refractivity contribution >= 4 is 5.91 Å². The molecular formula is C16H17N7O. The average molecular weight is 323 g/mol. The summed E-state index contributed by atoms with van der Waals surface area (Å²) < 4.78 is 3.85. The topological polar surface area (TPSA) is 81.7 Å². The molecule has 8 heteroatoms. The van der Waals surface area contributed by atoms with E-state index in [2.05, 4.69) is 20.3 Å². The average Bonchev–Trinajstić information content (AvgIpc) is 3.20. The van der Waals surface area contributed by atoms with E-state index in [-0.39, 0.29) is 5.91 Å². The Morgan fingerprint density at radius 2 is 2.17 bits per heavy atom. The third kappa shape index (κ3) is 2.78. The molecule has 0 saturated heterocycles. The maximum Gasteiger partial charge on any atom is 0.255 e. The van der Waals surface area contributed by atoms with Gasteiger partial charge in [0.25, 0.3) is 5.91 Å². The van der Waals surface area contributed by atoms with Crippen molar-refractivity contribution in [3.63, 3.8) is 0 Å². The first-order valence-corrected chi connectivity index (χ1v) is 7.87. The van der Waals surface area contributed by atoms with E-state index >= 15 is 0 Å². The van der Waals surface area contributed by atoms with Crippen LogP contribution in [0.15, 0.2) is 43.2 Å². The van der Waals surface area contributed by atoms with Crippen LogP contribution in [0.25, 0.3) is 0 Å². The van der Waals surface area contributed by atoms with Crippen LogP contribution in [0.2, 0.25) is 0 Å². The molecule has 3 aromatic rings. The van der Waals surface area contributed by atoms with Gasteiger partial charge in [-0.3, -0.25) is 9.78 Å². The highest BCUT2D eigenvalue weighted by atomic mass is 16.2. The Balaban J connectivity index is 1.59. The van der Waals surface area contributed by atoms with Crippen molar-refractivity contribution < 1.29 is 4.79 Å². The number of fused-ring (bicyclic) bond motifs is 1. The lowest BCUT2D eigenvalue weighted by molar-refractivity contribution is 0.0745. The van der Waals surface area contributed by atoms with E-state index in [0.29, 0.717) is 25.2 Å². The van der Waals surface area contributed by atoms with Gasteiger partial charge in [0.05, 0.1) is 30.7 Å². The summed E-state index contributed by atoms with van der Waals surface area (Å²) in [6, 6.07) is 3.57. The Kier molecular flexibility index (Phi) is 3.78. The first-order chi connectivity index (χ1) is 11.8. The van der Waals surface area contributed by atoms with E-state index in [1.54, 1.807) is 37.1 Å². The maximum atomic E-state index is 12.7. The van der Waals surface area contributed by atoms with Crippen molar-refractivity contribution in [3.05, 3.63) is 60.2 Å². The predicted octanol–water partition coefficient (Wildman–Crippen LogP) is 0.964.